The number of nitro groups is 1. The maximum absolute atomic E-state index is 10.4. The van der Waals surface area contributed by atoms with Gasteiger partial charge in [-0.25, -0.2) is 0 Å². The van der Waals surface area contributed by atoms with E-state index >= 15 is 0 Å². The Morgan fingerprint density at radius 3 is 2.79 bits per heavy atom. The second kappa shape index (κ2) is 4.64. The van der Waals surface area contributed by atoms with E-state index in [2.05, 4.69) is 4.98 Å². The molecule has 2 N–H and O–H groups in total. The van der Waals surface area contributed by atoms with Crippen molar-refractivity contribution in [3.8, 4) is 0 Å². The molecule has 0 saturated heterocycles. The van der Waals surface area contributed by atoms with Crippen molar-refractivity contribution in [3.63, 3.8) is 0 Å². The fraction of sp³-hybridized carbons (Fsp3) is 0.375. The zero-order valence-corrected chi connectivity index (χ0v) is 7.28. The number of rotatable bonds is 4. The number of aliphatic hydroxyl groups is 2. The summed E-state index contributed by atoms with van der Waals surface area (Å²) in [5.41, 5.74) is 0.322. The quantitative estimate of drug-likeness (QED) is 0.513. The largest absolute Gasteiger partial charge is 0.389 e. The fourth-order valence-corrected chi connectivity index (χ4v) is 1.05. The van der Waals surface area contributed by atoms with Gasteiger partial charge in [-0.15, -0.1) is 0 Å². The third-order valence-electron chi connectivity index (χ3n) is 1.85. The first-order valence-corrected chi connectivity index (χ1v) is 3.99. The smallest absolute Gasteiger partial charge is 0.265 e. The van der Waals surface area contributed by atoms with E-state index in [9.17, 15) is 15.2 Å². The molecule has 0 saturated carbocycles. The molecule has 1 heterocycles. The molecule has 0 fully saturated rings. The molecule has 0 aliphatic carbocycles. The summed E-state index contributed by atoms with van der Waals surface area (Å²) in [5, 5.41) is 28.6. The highest BCUT2D eigenvalue weighted by molar-refractivity contribution is 5.12. The molecule has 0 aromatic carbocycles. The summed E-state index contributed by atoms with van der Waals surface area (Å²) >= 11 is 0. The molecule has 0 amide bonds. The molecule has 0 aliphatic rings. The summed E-state index contributed by atoms with van der Waals surface area (Å²) < 4.78 is 0. The van der Waals surface area contributed by atoms with Crippen LogP contribution in [0.5, 0.6) is 0 Å². The van der Waals surface area contributed by atoms with E-state index in [1.54, 1.807) is 6.07 Å². The first-order chi connectivity index (χ1) is 6.66. The van der Waals surface area contributed by atoms with Crippen LogP contribution in [0.3, 0.4) is 0 Å². The van der Waals surface area contributed by atoms with Gasteiger partial charge in [-0.05, 0) is 6.07 Å². The average molecular weight is 198 g/mol. The predicted octanol–water partition coefficient (Wildman–Crippen LogP) is -0.247. The first-order valence-electron chi connectivity index (χ1n) is 3.99. The monoisotopic (exact) mass is 198 g/mol. The van der Waals surface area contributed by atoms with E-state index in [1.807, 2.05) is 0 Å². The van der Waals surface area contributed by atoms with E-state index < -0.39 is 23.7 Å². The normalized spacial score (nSPS) is 14.7. The Balaban J connectivity index is 2.83. The molecule has 14 heavy (non-hydrogen) atoms. The molecule has 76 valence electrons. The second-order valence-corrected chi connectivity index (χ2v) is 2.77. The molecular formula is C8H10N2O4. The van der Waals surface area contributed by atoms with Crippen molar-refractivity contribution in [3.05, 3.63) is 40.2 Å². The number of nitrogens with zero attached hydrogens (tertiary/aromatic N) is 2. The Labute approximate surface area is 80.0 Å². The number of hydrogen-bond acceptors (Lipinski definition) is 5. The van der Waals surface area contributed by atoms with Gasteiger partial charge in [0.1, 0.15) is 12.7 Å². The van der Waals surface area contributed by atoms with Crippen LogP contribution >= 0.6 is 0 Å². The van der Waals surface area contributed by atoms with Crippen molar-refractivity contribution in [1.82, 2.24) is 4.98 Å². The molecule has 0 bridgehead atoms. The first kappa shape index (κ1) is 10.6. The van der Waals surface area contributed by atoms with Gasteiger partial charge in [-0.3, -0.25) is 15.1 Å². The molecule has 0 spiro atoms. The van der Waals surface area contributed by atoms with Gasteiger partial charge in [0, 0.05) is 22.9 Å². The SMILES string of the molecule is O=[N+]([O-])[C@H](CO)[C@@H](O)c1cccnc1. The molecule has 2 atom stereocenters. The van der Waals surface area contributed by atoms with Crippen molar-refractivity contribution in [2.45, 2.75) is 12.1 Å². The predicted molar refractivity (Wildman–Crippen MR) is 47.1 cm³/mol. The summed E-state index contributed by atoms with van der Waals surface area (Å²) in [5.74, 6) is 0. The van der Waals surface area contributed by atoms with Crippen molar-refractivity contribution in [1.29, 1.82) is 0 Å². The van der Waals surface area contributed by atoms with E-state index in [0.29, 0.717) is 5.56 Å². The summed E-state index contributed by atoms with van der Waals surface area (Å²) in [6.07, 6.45) is 1.50. The molecular weight excluding hydrogens is 188 g/mol. The van der Waals surface area contributed by atoms with E-state index in [0.717, 1.165) is 0 Å². The average Bonchev–Trinajstić information content (AvgIpc) is 2.19. The zero-order valence-electron chi connectivity index (χ0n) is 7.28. The van der Waals surface area contributed by atoms with Gasteiger partial charge in [-0.2, -0.15) is 0 Å². The number of hydrogen-bond donors (Lipinski definition) is 2. The van der Waals surface area contributed by atoms with E-state index in [4.69, 9.17) is 5.11 Å². The summed E-state index contributed by atoms with van der Waals surface area (Å²) in [4.78, 5) is 13.4. The highest BCUT2D eigenvalue weighted by Crippen LogP contribution is 2.16. The molecule has 1 aromatic heterocycles. The highest BCUT2D eigenvalue weighted by atomic mass is 16.6. The number of aliphatic hydroxyl groups excluding tert-OH is 2. The molecule has 1 aromatic rings. The van der Waals surface area contributed by atoms with Crippen LogP contribution in [0.25, 0.3) is 0 Å². The van der Waals surface area contributed by atoms with Gasteiger partial charge in [-0.1, -0.05) is 6.07 Å². The van der Waals surface area contributed by atoms with Crippen LogP contribution in [0.1, 0.15) is 11.7 Å². The second-order valence-electron chi connectivity index (χ2n) is 2.77. The van der Waals surface area contributed by atoms with Gasteiger partial charge in [0.05, 0.1) is 0 Å². The number of pyridine rings is 1. The van der Waals surface area contributed by atoms with Crippen LogP contribution in [-0.2, 0) is 0 Å². The van der Waals surface area contributed by atoms with Crippen LogP contribution in [0, 0.1) is 10.1 Å². The maximum atomic E-state index is 10.4. The van der Waals surface area contributed by atoms with Crippen molar-refractivity contribution < 1.29 is 15.1 Å². The highest BCUT2D eigenvalue weighted by Gasteiger charge is 2.30. The Morgan fingerprint density at radius 1 is 1.64 bits per heavy atom. The van der Waals surface area contributed by atoms with Gasteiger partial charge < -0.3 is 10.2 Å². The van der Waals surface area contributed by atoms with Gasteiger partial charge in [0.15, 0.2) is 0 Å². The van der Waals surface area contributed by atoms with Crippen LogP contribution in [-0.4, -0.2) is 32.8 Å². The molecule has 0 unspecified atom stereocenters. The van der Waals surface area contributed by atoms with Crippen molar-refractivity contribution >= 4 is 0 Å². The molecule has 0 radical (unpaired) electrons. The fourth-order valence-electron chi connectivity index (χ4n) is 1.05. The van der Waals surface area contributed by atoms with E-state index in [1.165, 1.54) is 18.5 Å². The minimum Gasteiger partial charge on any atom is -0.389 e. The van der Waals surface area contributed by atoms with Gasteiger partial charge >= 0.3 is 0 Å². The minimum atomic E-state index is -1.40. The summed E-state index contributed by atoms with van der Waals surface area (Å²) in [6.45, 7) is -0.705. The Bertz CT molecular complexity index is 303. The molecule has 0 aliphatic heterocycles. The van der Waals surface area contributed by atoms with E-state index in [-0.39, 0.29) is 0 Å². The third-order valence-corrected chi connectivity index (χ3v) is 1.85. The van der Waals surface area contributed by atoms with Gasteiger partial charge in [0.2, 0.25) is 0 Å². The Hall–Kier alpha value is -1.53. The lowest BCUT2D eigenvalue weighted by molar-refractivity contribution is -0.539. The minimum absolute atomic E-state index is 0.322. The van der Waals surface area contributed by atoms with Crippen LogP contribution < -0.4 is 0 Å². The Kier molecular flexibility index (Phi) is 3.49. The molecule has 6 nitrogen and oxygen atoms in total. The van der Waals surface area contributed by atoms with Gasteiger partial charge in [0.25, 0.3) is 6.04 Å². The summed E-state index contributed by atoms with van der Waals surface area (Å²) in [6, 6.07) is 1.68. The standard InChI is InChI=1S/C8H10N2O4/c11-5-7(10(13)14)8(12)6-2-1-3-9-4-6/h1-4,7-8,11-12H,5H2/t7-,8+/m1/s1. The van der Waals surface area contributed by atoms with Crippen LogP contribution in [0.15, 0.2) is 24.5 Å². The molecule has 1 rings (SSSR count). The molecule has 6 heteroatoms. The lowest BCUT2D eigenvalue weighted by Crippen LogP contribution is -2.31. The van der Waals surface area contributed by atoms with Crippen LogP contribution in [0.4, 0.5) is 0 Å². The van der Waals surface area contributed by atoms with Crippen molar-refractivity contribution in [2.24, 2.45) is 0 Å². The maximum Gasteiger partial charge on any atom is 0.265 e. The third kappa shape index (κ3) is 2.24. The topological polar surface area (TPSA) is 96.5 Å². The lowest BCUT2D eigenvalue weighted by atomic mass is 10.1. The van der Waals surface area contributed by atoms with Crippen LogP contribution in [0.2, 0.25) is 0 Å². The Morgan fingerprint density at radius 2 is 2.36 bits per heavy atom. The lowest BCUT2D eigenvalue weighted by Gasteiger charge is -2.13. The zero-order chi connectivity index (χ0) is 10.6. The van der Waals surface area contributed by atoms with Crippen molar-refractivity contribution in [2.75, 3.05) is 6.61 Å². The summed E-state index contributed by atoms with van der Waals surface area (Å²) in [7, 11) is 0. The number of aromatic nitrogens is 1.